The summed E-state index contributed by atoms with van der Waals surface area (Å²) in [6, 6.07) is 13.2. The van der Waals surface area contributed by atoms with Crippen LogP contribution in [0.3, 0.4) is 0 Å². The molecule has 2 aromatic carbocycles. The maximum Gasteiger partial charge on any atom is 0.350 e. The van der Waals surface area contributed by atoms with Crippen LogP contribution in [0.25, 0.3) is 0 Å². The van der Waals surface area contributed by atoms with Gasteiger partial charge in [0.25, 0.3) is 5.79 Å². The Kier molecular flexibility index (Phi) is 5.91. The summed E-state index contributed by atoms with van der Waals surface area (Å²) < 4.78 is 15.1. The minimum atomic E-state index is -1.29. The predicted molar refractivity (Wildman–Crippen MR) is 110 cm³/mol. The number of esters is 2. The van der Waals surface area contributed by atoms with Crippen molar-refractivity contribution in [3.05, 3.63) is 60.3 Å². The second-order valence-electron chi connectivity index (χ2n) is 6.77. The lowest BCUT2D eigenvalue weighted by Gasteiger charge is -2.29. The lowest BCUT2D eigenvalue weighted by molar-refractivity contribution is -0.222. The summed E-state index contributed by atoms with van der Waals surface area (Å²) in [6.07, 6.45) is 1.22. The second kappa shape index (κ2) is 8.56. The van der Waals surface area contributed by atoms with E-state index in [1.807, 2.05) is 0 Å². The Hall–Kier alpha value is -4.01. The van der Waals surface area contributed by atoms with Crippen LogP contribution in [0.4, 0.5) is 21.9 Å². The number of ether oxygens (including phenoxy) is 3. The van der Waals surface area contributed by atoms with E-state index in [1.165, 1.54) is 20.0 Å². The van der Waals surface area contributed by atoms with E-state index < -0.39 is 23.8 Å². The van der Waals surface area contributed by atoms with Crippen LogP contribution in [0.2, 0.25) is 0 Å². The summed E-state index contributed by atoms with van der Waals surface area (Å²) in [4.78, 5) is 35.9. The quantitative estimate of drug-likeness (QED) is 0.392. The number of rotatable bonds is 5. The molecule has 156 valence electrons. The molecule has 0 bridgehead atoms. The maximum atomic E-state index is 12.1. The molecule has 1 fully saturated rings. The number of urea groups is 1. The van der Waals surface area contributed by atoms with Gasteiger partial charge in [0.05, 0.1) is 7.11 Å². The fourth-order valence-corrected chi connectivity index (χ4v) is 2.55. The molecule has 1 aliphatic rings. The molecular formula is C21H21N3O6. The van der Waals surface area contributed by atoms with Crippen LogP contribution in [-0.4, -0.2) is 30.9 Å². The van der Waals surface area contributed by atoms with Crippen molar-refractivity contribution in [3.8, 4) is 5.75 Å². The molecule has 2 amide bonds. The molecule has 1 heterocycles. The number of nitrogens with one attached hydrogen (secondary N) is 3. The van der Waals surface area contributed by atoms with Gasteiger partial charge >= 0.3 is 18.0 Å². The molecule has 0 spiro atoms. The largest absolute Gasteiger partial charge is 0.497 e. The Bertz CT molecular complexity index is 959. The van der Waals surface area contributed by atoms with Crippen molar-refractivity contribution in [2.24, 2.45) is 0 Å². The molecule has 0 radical (unpaired) electrons. The van der Waals surface area contributed by atoms with Gasteiger partial charge in [0.2, 0.25) is 0 Å². The van der Waals surface area contributed by atoms with Gasteiger partial charge < -0.3 is 30.2 Å². The highest BCUT2D eigenvalue weighted by atomic mass is 16.7. The highest BCUT2D eigenvalue weighted by Crippen LogP contribution is 2.23. The first kappa shape index (κ1) is 20.7. The molecule has 30 heavy (non-hydrogen) atoms. The van der Waals surface area contributed by atoms with Crippen LogP contribution in [-0.2, 0) is 19.1 Å². The molecule has 0 atom stereocenters. The summed E-state index contributed by atoms with van der Waals surface area (Å²) in [7, 11) is 1.57. The van der Waals surface area contributed by atoms with Gasteiger partial charge in [0.1, 0.15) is 5.75 Å². The van der Waals surface area contributed by atoms with E-state index in [4.69, 9.17) is 14.2 Å². The van der Waals surface area contributed by atoms with Gasteiger partial charge in [-0.2, -0.15) is 0 Å². The first-order chi connectivity index (χ1) is 14.3. The molecule has 2 aromatic rings. The van der Waals surface area contributed by atoms with Gasteiger partial charge in [-0.05, 0) is 48.5 Å². The van der Waals surface area contributed by atoms with Gasteiger partial charge in [0.15, 0.2) is 5.57 Å². The van der Waals surface area contributed by atoms with E-state index in [0.29, 0.717) is 22.8 Å². The van der Waals surface area contributed by atoms with Crippen molar-refractivity contribution in [1.82, 2.24) is 0 Å². The minimum absolute atomic E-state index is 0.240. The highest BCUT2D eigenvalue weighted by molar-refractivity contribution is 6.15. The van der Waals surface area contributed by atoms with Crippen molar-refractivity contribution in [2.75, 3.05) is 23.1 Å². The third-order valence-electron chi connectivity index (χ3n) is 3.99. The normalized spacial score (nSPS) is 14.8. The number of benzene rings is 2. The van der Waals surface area contributed by atoms with Gasteiger partial charge in [-0.25, -0.2) is 14.4 Å². The smallest absolute Gasteiger partial charge is 0.350 e. The zero-order valence-corrected chi connectivity index (χ0v) is 16.6. The van der Waals surface area contributed by atoms with Gasteiger partial charge in [0, 0.05) is 37.1 Å². The minimum Gasteiger partial charge on any atom is -0.497 e. The highest BCUT2D eigenvalue weighted by Gasteiger charge is 2.38. The molecule has 0 aromatic heterocycles. The Balaban J connectivity index is 1.56. The fourth-order valence-electron chi connectivity index (χ4n) is 2.55. The number of hydrogen-bond acceptors (Lipinski definition) is 7. The average Bonchev–Trinajstić information content (AvgIpc) is 2.68. The van der Waals surface area contributed by atoms with Crippen molar-refractivity contribution in [3.63, 3.8) is 0 Å². The van der Waals surface area contributed by atoms with Crippen LogP contribution in [0.1, 0.15) is 13.8 Å². The summed E-state index contributed by atoms with van der Waals surface area (Å²) in [6.45, 7) is 2.95. The Morgan fingerprint density at radius 3 is 1.83 bits per heavy atom. The number of carbonyl (C=O) groups is 3. The van der Waals surface area contributed by atoms with E-state index in [2.05, 4.69) is 16.0 Å². The zero-order valence-electron chi connectivity index (χ0n) is 16.6. The number of cyclic esters (lactones) is 2. The van der Waals surface area contributed by atoms with Crippen molar-refractivity contribution in [2.45, 2.75) is 19.6 Å². The molecule has 1 aliphatic heterocycles. The summed E-state index contributed by atoms with van der Waals surface area (Å²) >= 11 is 0. The topological polar surface area (TPSA) is 115 Å². The number of hydrogen-bond donors (Lipinski definition) is 3. The Morgan fingerprint density at radius 1 is 0.867 bits per heavy atom. The van der Waals surface area contributed by atoms with Crippen molar-refractivity contribution >= 4 is 35.0 Å². The number of amides is 2. The van der Waals surface area contributed by atoms with Crippen LogP contribution in [0.15, 0.2) is 60.3 Å². The van der Waals surface area contributed by atoms with Gasteiger partial charge in [-0.3, -0.25) is 0 Å². The van der Waals surface area contributed by atoms with Gasteiger partial charge in [-0.15, -0.1) is 0 Å². The van der Waals surface area contributed by atoms with Gasteiger partial charge in [-0.1, -0.05) is 0 Å². The second-order valence-corrected chi connectivity index (χ2v) is 6.77. The standard InChI is InChI=1S/C21H21N3O6/c1-21(2)29-18(25)17(19(26)30-21)12-22-13-4-6-14(7-5-13)23-20(27)24-15-8-10-16(28-3)11-9-15/h4-12,22H,1-3H3,(H2,23,24,27). The monoisotopic (exact) mass is 411 g/mol. The van der Waals surface area contributed by atoms with E-state index >= 15 is 0 Å². The Labute approximate surface area is 173 Å². The first-order valence-corrected chi connectivity index (χ1v) is 9.01. The average molecular weight is 411 g/mol. The number of anilines is 3. The SMILES string of the molecule is COc1ccc(NC(=O)Nc2ccc(NC=C3C(=O)OC(C)(C)OC3=O)cc2)cc1. The van der Waals surface area contributed by atoms with E-state index in [-0.39, 0.29) is 5.57 Å². The molecule has 0 unspecified atom stereocenters. The molecule has 9 heteroatoms. The molecular weight excluding hydrogens is 390 g/mol. The van der Waals surface area contributed by atoms with E-state index in [9.17, 15) is 14.4 Å². The summed E-state index contributed by atoms with van der Waals surface area (Å²) in [5.41, 5.74) is 1.52. The first-order valence-electron chi connectivity index (χ1n) is 9.01. The molecule has 3 rings (SSSR count). The van der Waals surface area contributed by atoms with E-state index in [1.54, 1.807) is 55.6 Å². The van der Waals surface area contributed by atoms with Crippen LogP contribution in [0, 0.1) is 0 Å². The lowest BCUT2D eigenvalue weighted by atomic mass is 10.2. The van der Waals surface area contributed by atoms with Crippen molar-refractivity contribution in [1.29, 1.82) is 0 Å². The summed E-state index contributed by atoms with van der Waals surface area (Å²) in [5.74, 6) is -2.13. The van der Waals surface area contributed by atoms with Crippen molar-refractivity contribution < 1.29 is 28.6 Å². The molecule has 0 aliphatic carbocycles. The summed E-state index contributed by atoms with van der Waals surface area (Å²) in [5, 5.41) is 8.24. The van der Waals surface area contributed by atoms with Crippen LogP contribution in [0.5, 0.6) is 5.75 Å². The molecule has 9 nitrogen and oxygen atoms in total. The maximum absolute atomic E-state index is 12.1. The third-order valence-corrected chi connectivity index (χ3v) is 3.99. The van der Waals surface area contributed by atoms with Crippen LogP contribution < -0.4 is 20.7 Å². The third kappa shape index (κ3) is 5.28. The molecule has 0 saturated carbocycles. The Morgan fingerprint density at radius 2 is 1.33 bits per heavy atom. The fraction of sp³-hybridized carbons (Fsp3) is 0.190. The molecule has 1 saturated heterocycles. The van der Waals surface area contributed by atoms with Crippen LogP contribution >= 0.6 is 0 Å². The van der Waals surface area contributed by atoms with E-state index in [0.717, 1.165) is 0 Å². The molecule has 3 N–H and O–H groups in total. The predicted octanol–water partition coefficient (Wildman–Crippen LogP) is 3.47. The number of carbonyl (C=O) groups excluding carboxylic acids is 3. The number of methoxy groups -OCH3 is 1. The zero-order chi connectivity index (χ0) is 21.7. The lowest BCUT2D eigenvalue weighted by Crippen LogP contribution is -2.42.